The smallest absolute Gasteiger partial charge is 0.337 e. The first-order valence-corrected chi connectivity index (χ1v) is 6.48. The quantitative estimate of drug-likeness (QED) is 0.337. The molecule has 2 rings (SSSR count). The maximum atomic E-state index is 12.3. The summed E-state index contributed by atoms with van der Waals surface area (Å²) in [7, 11) is 1.21. The van der Waals surface area contributed by atoms with E-state index in [2.05, 4.69) is 10.1 Å². The highest BCUT2D eigenvalue weighted by molar-refractivity contribution is 6.08. The van der Waals surface area contributed by atoms with Crippen LogP contribution in [0.4, 0.5) is 5.69 Å². The molecule has 0 unspecified atom stereocenters. The van der Waals surface area contributed by atoms with Crippen LogP contribution in [0, 0.1) is 0 Å². The average molecular weight is 308 g/mol. The van der Waals surface area contributed by atoms with E-state index in [0.717, 1.165) is 0 Å². The number of hydrogen-bond acceptors (Lipinski definition) is 7. The van der Waals surface area contributed by atoms with Gasteiger partial charge in [0.25, 0.3) is 5.91 Å². The highest BCUT2D eigenvalue weighted by Crippen LogP contribution is 2.29. The lowest BCUT2D eigenvalue weighted by Gasteiger charge is -2.15. The zero-order valence-electron chi connectivity index (χ0n) is 11.9. The van der Waals surface area contributed by atoms with Gasteiger partial charge >= 0.3 is 5.97 Å². The van der Waals surface area contributed by atoms with Gasteiger partial charge in [-0.3, -0.25) is 4.79 Å². The van der Waals surface area contributed by atoms with Crippen molar-refractivity contribution >= 4 is 17.6 Å². The minimum atomic E-state index is -0.653. The van der Waals surface area contributed by atoms with Crippen LogP contribution in [0.25, 0.3) is 0 Å². The molecule has 1 aromatic carbocycles. The minimum absolute atomic E-state index is 0.0189. The summed E-state index contributed by atoms with van der Waals surface area (Å²) >= 11 is 0. The fourth-order valence-corrected chi connectivity index (χ4v) is 2.09. The highest BCUT2D eigenvalue weighted by Gasteiger charge is 2.34. The molecule has 1 amide bonds. The van der Waals surface area contributed by atoms with Crippen LogP contribution in [-0.4, -0.2) is 58.9 Å². The molecular formula is C14H16N2O6. The first kappa shape index (κ1) is 15.6. The van der Waals surface area contributed by atoms with Gasteiger partial charge in [0.2, 0.25) is 0 Å². The van der Waals surface area contributed by atoms with Crippen molar-refractivity contribution in [1.82, 2.24) is 4.90 Å². The van der Waals surface area contributed by atoms with E-state index < -0.39 is 11.9 Å². The number of phenols is 2. The number of hydrogen-bond donors (Lipinski definition) is 4. The zero-order chi connectivity index (χ0) is 16.3. The Balaban J connectivity index is 2.32. The number of rotatable bonds is 5. The first-order valence-electron chi connectivity index (χ1n) is 6.48. The van der Waals surface area contributed by atoms with Crippen LogP contribution in [0.2, 0.25) is 0 Å². The molecule has 0 saturated carbocycles. The lowest BCUT2D eigenvalue weighted by molar-refractivity contribution is -0.136. The third kappa shape index (κ3) is 2.96. The van der Waals surface area contributed by atoms with E-state index in [1.165, 1.54) is 30.2 Å². The van der Waals surface area contributed by atoms with Gasteiger partial charge < -0.3 is 30.3 Å². The van der Waals surface area contributed by atoms with Crippen molar-refractivity contribution in [3.63, 3.8) is 0 Å². The number of ether oxygens (including phenoxy) is 1. The summed E-state index contributed by atoms with van der Waals surface area (Å²) in [6, 6.07) is 3.92. The normalized spacial score (nSPS) is 14.5. The fourth-order valence-electron chi connectivity index (χ4n) is 2.09. The van der Waals surface area contributed by atoms with Crippen molar-refractivity contribution in [2.45, 2.75) is 0 Å². The van der Waals surface area contributed by atoms with Crippen LogP contribution in [0.1, 0.15) is 0 Å². The molecule has 0 bridgehead atoms. The van der Waals surface area contributed by atoms with Gasteiger partial charge in [0.1, 0.15) is 5.70 Å². The van der Waals surface area contributed by atoms with E-state index in [9.17, 15) is 19.8 Å². The molecule has 118 valence electrons. The minimum Gasteiger partial charge on any atom is -0.504 e. The second-order valence-corrected chi connectivity index (χ2v) is 4.62. The van der Waals surface area contributed by atoms with Crippen LogP contribution >= 0.6 is 0 Å². The predicted molar refractivity (Wildman–Crippen MR) is 76.1 cm³/mol. The zero-order valence-corrected chi connectivity index (χ0v) is 11.9. The van der Waals surface area contributed by atoms with E-state index in [1.54, 1.807) is 0 Å². The van der Waals surface area contributed by atoms with Gasteiger partial charge in [-0.25, -0.2) is 4.79 Å². The number of carbonyl (C=O) groups excluding carboxylic acids is 2. The van der Waals surface area contributed by atoms with Crippen molar-refractivity contribution in [2.75, 3.05) is 32.1 Å². The lowest BCUT2D eigenvalue weighted by atomic mass is 10.2. The number of amides is 1. The number of aliphatic hydroxyl groups excluding tert-OH is 1. The van der Waals surface area contributed by atoms with Gasteiger partial charge in [-0.1, -0.05) is 0 Å². The molecule has 0 aliphatic carbocycles. The number of β-amino-alcohol motifs (C(OH)–C–C–N with tert-alkyl or cyclic N) is 1. The van der Waals surface area contributed by atoms with Crippen LogP contribution in [0.15, 0.2) is 29.5 Å². The number of carbonyl (C=O) groups is 2. The van der Waals surface area contributed by atoms with E-state index in [0.29, 0.717) is 5.69 Å². The molecule has 8 nitrogen and oxygen atoms in total. The van der Waals surface area contributed by atoms with E-state index in [1.807, 2.05) is 0 Å². The number of phenolic OH excluding ortho intramolecular Hbond substituents is 2. The molecule has 1 aliphatic heterocycles. The Hall–Kier alpha value is -2.74. The Morgan fingerprint density at radius 1 is 1.36 bits per heavy atom. The average Bonchev–Trinajstić information content (AvgIpc) is 2.80. The molecule has 4 N–H and O–H groups in total. The summed E-state index contributed by atoms with van der Waals surface area (Å²) in [5.41, 5.74) is 0.477. The molecule has 0 atom stereocenters. The van der Waals surface area contributed by atoms with Crippen molar-refractivity contribution in [1.29, 1.82) is 0 Å². The topological polar surface area (TPSA) is 119 Å². The molecular weight excluding hydrogens is 292 g/mol. The van der Waals surface area contributed by atoms with Gasteiger partial charge in [-0.2, -0.15) is 0 Å². The molecule has 8 heteroatoms. The van der Waals surface area contributed by atoms with Crippen molar-refractivity contribution < 1.29 is 29.6 Å². The summed E-state index contributed by atoms with van der Waals surface area (Å²) in [6.07, 6.45) is 0. The molecule has 0 saturated heterocycles. The number of esters is 1. The summed E-state index contributed by atoms with van der Waals surface area (Å²) in [6.45, 7) is -0.114. The molecule has 1 aliphatic rings. The van der Waals surface area contributed by atoms with Crippen molar-refractivity contribution in [2.24, 2.45) is 0 Å². The van der Waals surface area contributed by atoms with Crippen LogP contribution in [-0.2, 0) is 14.3 Å². The molecule has 0 fully saturated rings. The number of methoxy groups -OCH3 is 1. The van der Waals surface area contributed by atoms with Crippen LogP contribution in [0.5, 0.6) is 11.5 Å². The van der Waals surface area contributed by atoms with Crippen molar-refractivity contribution in [3.05, 3.63) is 29.5 Å². The Morgan fingerprint density at radius 3 is 2.68 bits per heavy atom. The van der Waals surface area contributed by atoms with Gasteiger partial charge in [-0.05, 0) is 12.1 Å². The molecule has 22 heavy (non-hydrogen) atoms. The van der Waals surface area contributed by atoms with E-state index in [4.69, 9.17) is 5.11 Å². The summed E-state index contributed by atoms with van der Waals surface area (Å²) in [5, 5.41) is 30.5. The second kappa shape index (κ2) is 6.35. The van der Waals surface area contributed by atoms with E-state index >= 15 is 0 Å². The molecule has 0 aromatic heterocycles. The maximum Gasteiger partial charge on any atom is 0.337 e. The molecule has 0 radical (unpaired) electrons. The van der Waals surface area contributed by atoms with Gasteiger partial charge in [0.15, 0.2) is 11.5 Å². The largest absolute Gasteiger partial charge is 0.504 e. The van der Waals surface area contributed by atoms with Crippen molar-refractivity contribution in [3.8, 4) is 11.5 Å². The number of anilines is 1. The first-order chi connectivity index (χ1) is 10.5. The van der Waals surface area contributed by atoms with Gasteiger partial charge in [-0.15, -0.1) is 0 Å². The van der Waals surface area contributed by atoms with Gasteiger partial charge in [0, 0.05) is 18.3 Å². The Labute approximate surface area is 126 Å². The van der Waals surface area contributed by atoms with Crippen LogP contribution < -0.4 is 5.32 Å². The molecule has 1 aromatic rings. The number of nitrogens with one attached hydrogen (secondary N) is 1. The van der Waals surface area contributed by atoms with Gasteiger partial charge in [0.05, 0.1) is 25.8 Å². The third-order valence-electron chi connectivity index (χ3n) is 3.20. The monoisotopic (exact) mass is 308 g/mol. The number of aliphatic hydroxyl groups is 1. The third-order valence-corrected chi connectivity index (χ3v) is 3.20. The maximum absolute atomic E-state index is 12.3. The molecule has 1 heterocycles. The molecule has 0 spiro atoms. The Morgan fingerprint density at radius 2 is 2.09 bits per heavy atom. The lowest BCUT2D eigenvalue weighted by Crippen LogP contribution is -2.31. The number of aromatic hydroxyl groups is 2. The number of benzene rings is 1. The second-order valence-electron chi connectivity index (χ2n) is 4.62. The highest BCUT2D eigenvalue weighted by atomic mass is 16.5. The standard InChI is InChI=1S/C14H16N2O6/c1-22-14(21)9-7-16(4-5-17)13(20)12(9)15-8-2-3-10(18)11(19)6-8/h2-3,6,15,17-19H,4-5,7H2,1H3. The predicted octanol–water partition coefficient (Wildman–Crippen LogP) is -0.229. The SMILES string of the molecule is COC(=O)C1=C(Nc2ccc(O)c(O)c2)C(=O)N(CCO)C1. The Kier molecular flexibility index (Phi) is 4.52. The summed E-state index contributed by atoms with van der Waals surface area (Å²) in [5.74, 6) is -1.77. The summed E-state index contributed by atoms with van der Waals surface area (Å²) in [4.78, 5) is 25.3. The fraction of sp³-hybridized carbons (Fsp3) is 0.286. The van der Waals surface area contributed by atoms with E-state index in [-0.39, 0.29) is 42.5 Å². The summed E-state index contributed by atoms with van der Waals surface area (Å²) < 4.78 is 4.65. The Bertz CT molecular complexity index is 640. The number of nitrogens with zero attached hydrogens (tertiary/aromatic N) is 1. The van der Waals surface area contributed by atoms with Crippen LogP contribution in [0.3, 0.4) is 0 Å².